The smallest absolute Gasteiger partial charge is 0.342 e. The van der Waals surface area contributed by atoms with Crippen LogP contribution in [0.25, 0.3) is 11.2 Å². The van der Waals surface area contributed by atoms with Gasteiger partial charge in [0.1, 0.15) is 54.2 Å². The third kappa shape index (κ3) is 5.22. The van der Waals surface area contributed by atoms with Gasteiger partial charge >= 0.3 is 12.0 Å². The molecule has 2 amide bonds. The summed E-state index contributed by atoms with van der Waals surface area (Å²) in [5.41, 5.74) is 0.616. The molecule has 43 heavy (non-hydrogen) atoms. The van der Waals surface area contributed by atoms with E-state index in [1.807, 2.05) is 0 Å². The fourth-order valence-electron chi connectivity index (χ4n) is 5.16. The molecule has 3 fully saturated rings. The Morgan fingerprint density at radius 1 is 1.02 bits per heavy atom. The number of aromatic nitrogens is 4. The predicted octanol–water partition coefficient (Wildman–Crippen LogP) is 3.55. The van der Waals surface area contributed by atoms with Gasteiger partial charge in [-0.15, -0.1) is 0 Å². The summed E-state index contributed by atoms with van der Waals surface area (Å²) in [6.45, 7) is -0.212. The van der Waals surface area contributed by atoms with Crippen molar-refractivity contribution in [3.05, 3.63) is 77.9 Å². The van der Waals surface area contributed by atoms with Crippen LogP contribution in [-0.4, -0.2) is 67.6 Å². The Morgan fingerprint density at radius 3 is 2.58 bits per heavy atom. The number of hydrogen-bond acceptors (Lipinski definition) is 9. The highest BCUT2D eigenvalue weighted by Gasteiger charge is 2.54. The van der Waals surface area contributed by atoms with Gasteiger partial charge in [0.15, 0.2) is 29.5 Å². The number of nitrogens with one attached hydrogen (secondary N) is 2. The van der Waals surface area contributed by atoms with E-state index in [1.54, 1.807) is 16.7 Å². The first kappa shape index (κ1) is 27.1. The van der Waals surface area contributed by atoms with Gasteiger partial charge in [-0.25, -0.2) is 33.3 Å². The van der Waals surface area contributed by atoms with E-state index < -0.39 is 60.0 Å². The zero-order chi connectivity index (χ0) is 29.7. The first-order valence-electron chi connectivity index (χ1n) is 13.5. The summed E-state index contributed by atoms with van der Waals surface area (Å²) >= 11 is 0. The van der Waals surface area contributed by atoms with Crippen LogP contribution in [0.4, 0.5) is 19.4 Å². The number of carbonyl (C=O) groups is 2. The molecule has 0 radical (unpaired) electrons. The van der Waals surface area contributed by atoms with Gasteiger partial charge < -0.3 is 29.4 Å². The van der Waals surface area contributed by atoms with Crippen LogP contribution < -0.4 is 15.4 Å². The number of nitrogens with zero attached hydrogens (tertiary/aromatic N) is 4. The Morgan fingerprint density at radius 2 is 1.81 bits per heavy atom. The maximum atomic E-state index is 14.2. The second-order valence-corrected chi connectivity index (χ2v) is 10.3. The average Bonchev–Trinajstić information content (AvgIpc) is 3.37. The predicted molar refractivity (Wildman–Crippen MR) is 142 cm³/mol. The number of imidazole rings is 1. The Balaban J connectivity index is 1.18. The fraction of sp³-hybridized carbons (Fsp3) is 0.321. The van der Waals surface area contributed by atoms with E-state index in [1.165, 1.54) is 36.9 Å². The molecule has 4 heterocycles. The highest BCUT2D eigenvalue weighted by molar-refractivity contribution is 5.96. The van der Waals surface area contributed by atoms with Crippen molar-refractivity contribution in [3.63, 3.8) is 0 Å². The molecule has 13 nitrogen and oxygen atoms in total. The lowest BCUT2D eigenvalue weighted by Crippen LogP contribution is -2.33. The molecule has 2 aromatic heterocycles. The lowest BCUT2D eigenvalue weighted by Gasteiger charge is -2.22. The van der Waals surface area contributed by atoms with Crippen LogP contribution in [0.2, 0.25) is 0 Å². The lowest BCUT2D eigenvalue weighted by atomic mass is 10.1. The molecule has 4 aromatic rings. The minimum absolute atomic E-state index is 0.144. The zero-order valence-electron chi connectivity index (χ0n) is 22.2. The summed E-state index contributed by atoms with van der Waals surface area (Å²) in [6.07, 6.45) is 0.580. The van der Waals surface area contributed by atoms with E-state index in [0.717, 1.165) is 18.9 Å². The van der Waals surface area contributed by atoms with Gasteiger partial charge in [-0.3, -0.25) is 9.88 Å². The van der Waals surface area contributed by atoms with Crippen molar-refractivity contribution < 1.29 is 42.4 Å². The number of ether oxygens (including phenoxy) is 4. The van der Waals surface area contributed by atoms with Crippen molar-refractivity contribution in [2.24, 2.45) is 0 Å². The molecule has 4 unspecified atom stereocenters. The first-order chi connectivity index (χ1) is 20.9. The van der Waals surface area contributed by atoms with E-state index in [9.17, 15) is 23.5 Å². The SMILES string of the molecule is O=C(Nc1ncnc2c1ncn2C1OC(COc2cccc(F)c2C(=O)O)C2O[C@H](c3ccc(F)cc3)OC21)NC1CC1. The number of fused-ring (bicyclic) bond motifs is 2. The topological polar surface area (TPSA) is 159 Å². The largest absolute Gasteiger partial charge is 0.490 e. The quantitative estimate of drug-likeness (QED) is 0.275. The number of anilines is 1. The third-order valence-electron chi connectivity index (χ3n) is 7.36. The molecule has 2 aliphatic heterocycles. The number of aromatic carboxylic acids is 1. The second-order valence-electron chi connectivity index (χ2n) is 10.3. The molecule has 0 spiro atoms. The summed E-state index contributed by atoms with van der Waals surface area (Å²) < 4.78 is 53.9. The molecule has 3 aliphatic rings. The van der Waals surface area contributed by atoms with Gasteiger partial charge in [0.25, 0.3) is 0 Å². The molecule has 2 saturated heterocycles. The van der Waals surface area contributed by atoms with E-state index in [4.69, 9.17) is 18.9 Å². The molecule has 1 saturated carbocycles. The van der Waals surface area contributed by atoms with Crippen LogP contribution in [0.15, 0.2) is 55.1 Å². The normalized spacial score (nSPS) is 24.6. The summed E-state index contributed by atoms with van der Waals surface area (Å²) in [6, 6.07) is 9.11. The van der Waals surface area contributed by atoms with Crippen LogP contribution >= 0.6 is 0 Å². The number of rotatable bonds is 8. The van der Waals surface area contributed by atoms with Crippen molar-refractivity contribution in [2.75, 3.05) is 11.9 Å². The van der Waals surface area contributed by atoms with E-state index >= 15 is 0 Å². The van der Waals surface area contributed by atoms with Gasteiger partial charge in [0, 0.05) is 11.6 Å². The summed E-state index contributed by atoms with van der Waals surface area (Å²) in [4.78, 5) is 36.9. The molecule has 5 atom stereocenters. The number of carbonyl (C=O) groups excluding carboxylic acids is 1. The highest BCUT2D eigenvalue weighted by atomic mass is 19.1. The van der Waals surface area contributed by atoms with Crippen molar-refractivity contribution in [1.29, 1.82) is 0 Å². The molecule has 2 aromatic carbocycles. The molecule has 1 aliphatic carbocycles. The Labute approximate surface area is 241 Å². The molecular weight excluding hydrogens is 570 g/mol. The Hall–Kier alpha value is -4.73. The Kier molecular flexibility index (Phi) is 6.83. The zero-order valence-corrected chi connectivity index (χ0v) is 22.2. The standard InChI is InChI=1S/C28H24F2N6O7/c29-14-6-4-13(5-7-14)27-42-21-18(10-40-17-3-1-2-16(30)19(17)26(37)38)41-25(22(21)43-27)36-12-33-20-23(31-11-32-24(20)36)35-28(39)34-15-8-9-15/h1-7,11-12,15,18,21-22,25,27H,8-10H2,(H,37,38)(H2,31,32,34,35,39)/t18?,21?,22?,25?,27-/m0/s1. The summed E-state index contributed by atoms with van der Waals surface area (Å²) in [5.74, 6) is -2.81. The van der Waals surface area contributed by atoms with Gasteiger partial charge in [-0.05, 0) is 37.1 Å². The molecule has 3 N–H and O–H groups in total. The number of benzene rings is 2. The van der Waals surface area contributed by atoms with E-state index in [0.29, 0.717) is 16.7 Å². The van der Waals surface area contributed by atoms with Crippen LogP contribution in [0, 0.1) is 11.6 Å². The number of halogens is 2. The fourth-order valence-corrected chi connectivity index (χ4v) is 5.16. The molecule has 0 bridgehead atoms. The number of carboxylic acid groups (broad SMARTS) is 1. The highest BCUT2D eigenvalue weighted by Crippen LogP contribution is 2.45. The Bertz CT molecular complexity index is 1700. The minimum Gasteiger partial charge on any atom is -0.490 e. The van der Waals surface area contributed by atoms with Gasteiger partial charge in [-0.2, -0.15) is 0 Å². The van der Waals surface area contributed by atoms with Gasteiger partial charge in [-0.1, -0.05) is 18.2 Å². The number of amides is 2. The van der Waals surface area contributed by atoms with Crippen LogP contribution in [0.5, 0.6) is 5.75 Å². The van der Waals surface area contributed by atoms with Crippen molar-refractivity contribution in [2.45, 2.75) is 49.7 Å². The van der Waals surface area contributed by atoms with Gasteiger partial charge in [0.2, 0.25) is 0 Å². The van der Waals surface area contributed by atoms with Crippen LogP contribution in [0.3, 0.4) is 0 Å². The number of hydrogen-bond donors (Lipinski definition) is 3. The third-order valence-corrected chi connectivity index (χ3v) is 7.36. The maximum Gasteiger partial charge on any atom is 0.342 e. The minimum atomic E-state index is -1.48. The maximum absolute atomic E-state index is 14.2. The number of urea groups is 1. The van der Waals surface area contributed by atoms with Crippen LogP contribution in [-0.2, 0) is 14.2 Å². The monoisotopic (exact) mass is 594 g/mol. The molecule has 7 rings (SSSR count). The molecule has 222 valence electrons. The van der Waals surface area contributed by atoms with Crippen molar-refractivity contribution in [3.8, 4) is 5.75 Å². The van der Waals surface area contributed by atoms with Crippen molar-refractivity contribution >= 4 is 29.0 Å². The second kappa shape index (κ2) is 10.8. The van der Waals surface area contributed by atoms with E-state index in [-0.39, 0.29) is 24.2 Å². The average molecular weight is 595 g/mol. The van der Waals surface area contributed by atoms with E-state index in [2.05, 4.69) is 25.6 Å². The lowest BCUT2D eigenvalue weighted by molar-refractivity contribution is -0.152. The molecular formula is C28H24F2N6O7. The number of carboxylic acids is 1. The first-order valence-corrected chi connectivity index (χ1v) is 13.5. The summed E-state index contributed by atoms with van der Waals surface area (Å²) in [7, 11) is 0. The van der Waals surface area contributed by atoms with Gasteiger partial charge in [0.05, 0.1) is 6.33 Å². The summed E-state index contributed by atoms with van der Waals surface area (Å²) in [5, 5.41) is 15.0. The van der Waals surface area contributed by atoms with Crippen LogP contribution in [0.1, 0.15) is 41.3 Å². The molecule has 15 heteroatoms. The van der Waals surface area contributed by atoms with Crippen molar-refractivity contribution in [1.82, 2.24) is 24.8 Å².